The molecule has 1 aromatic carbocycles. The number of aliphatic hydroxyl groups excluding tert-OH is 1. The number of halogens is 1. The second-order valence-electron chi connectivity index (χ2n) is 5.22. The topological polar surface area (TPSA) is 70.6 Å². The highest BCUT2D eigenvalue weighted by molar-refractivity contribution is 6.31. The number of nitrogens with one attached hydrogen (secondary N) is 2. The maximum absolute atomic E-state index is 11.0. The van der Waals surface area contributed by atoms with Gasteiger partial charge in [-0.25, -0.2) is 0 Å². The number of hydrogen-bond acceptors (Lipinski definition) is 4. The number of hydrogen-bond donors (Lipinski definition) is 3. The van der Waals surface area contributed by atoms with Crippen LogP contribution < -0.4 is 10.6 Å². The van der Waals surface area contributed by atoms with Crippen molar-refractivity contribution in [1.29, 1.82) is 0 Å². The van der Waals surface area contributed by atoms with Gasteiger partial charge in [0.15, 0.2) is 0 Å². The van der Waals surface area contributed by atoms with Crippen LogP contribution in [0.3, 0.4) is 0 Å². The van der Waals surface area contributed by atoms with Gasteiger partial charge >= 0.3 is 0 Å². The van der Waals surface area contributed by atoms with Crippen LogP contribution in [-0.2, 0) is 16.1 Å². The Labute approximate surface area is 129 Å². The molecular formula is C15H21ClN2O3. The van der Waals surface area contributed by atoms with Crippen LogP contribution in [0.5, 0.6) is 0 Å². The highest BCUT2D eigenvalue weighted by Gasteiger charge is 2.20. The van der Waals surface area contributed by atoms with E-state index in [4.69, 9.17) is 16.3 Å². The normalized spacial score (nSPS) is 19.5. The highest BCUT2D eigenvalue weighted by Crippen LogP contribution is 2.15. The Bertz CT molecular complexity index is 470. The fraction of sp³-hybridized carbons (Fsp3) is 0.533. The molecule has 1 aliphatic rings. The molecule has 2 atom stereocenters. The van der Waals surface area contributed by atoms with E-state index in [1.54, 1.807) is 0 Å². The quantitative estimate of drug-likeness (QED) is 0.672. The summed E-state index contributed by atoms with van der Waals surface area (Å²) in [6, 6.07) is 7.66. The van der Waals surface area contributed by atoms with Gasteiger partial charge in [-0.1, -0.05) is 29.8 Å². The lowest BCUT2D eigenvalue weighted by Gasteiger charge is -2.15. The van der Waals surface area contributed by atoms with E-state index >= 15 is 0 Å². The second kappa shape index (κ2) is 8.34. The molecule has 0 bridgehead atoms. The summed E-state index contributed by atoms with van der Waals surface area (Å²) in [5, 5.41) is 16.5. The zero-order valence-corrected chi connectivity index (χ0v) is 12.6. The van der Waals surface area contributed by atoms with Crippen LogP contribution in [0.25, 0.3) is 0 Å². The third kappa shape index (κ3) is 5.63. The summed E-state index contributed by atoms with van der Waals surface area (Å²) in [7, 11) is 0. The van der Waals surface area contributed by atoms with Crippen molar-refractivity contribution in [2.45, 2.75) is 31.6 Å². The first-order valence-corrected chi connectivity index (χ1v) is 7.52. The summed E-state index contributed by atoms with van der Waals surface area (Å²) in [5.41, 5.74) is 0.910. The molecule has 116 valence electrons. The first-order chi connectivity index (χ1) is 10.1. The number of carbonyl (C=O) groups is 1. The summed E-state index contributed by atoms with van der Waals surface area (Å²) >= 11 is 6.02. The minimum atomic E-state index is -0.579. The predicted octanol–water partition coefficient (Wildman–Crippen LogP) is 1.09. The SMILES string of the molecule is O=C1CCC(CNCC(O)COCc2ccccc2Cl)N1. The summed E-state index contributed by atoms with van der Waals surface area (Å²) in [5.74, 6) is 0.102. The molecule has 0 saturated carbocycles. The van der Waals surface area contributed by atoms with Crippen molar-refractivity contribution in [2.24, 2.45) is 0 Å². The highest BCUT2D eigenvalue weighted by atomic mass is 35.5. The molecule has 0 spiro atoms. The Morgan fingerprint density at radius 1 is 1.48 bits per heavy atom. The van der Waals surface area contributed by atoms with Gasteiger partial charge in [0.25, 0.3) is 0 Å². The molecule has 1 heterocycles. The van der Waals surface area contributed by atoms with Crippen LogP contribution in [-0.4, -0.2) is 42.9 Å². The average molecular weight is 313 g/mol. The van der Waals surface area contributed by atoms with E-state index in [-0.39, 0.29) is 18.6 Å². The molecule has 1 saturated heterocycles. The van der Waals surface area contributed by atoms with Crippen molar-refractivity contribution in [2.75, 3.05) is 19.7 Å². The Morgan fingerprint density at radius 3 is 3.00 bits per heavy atom. The van der Waals surface area contributed by atoms with Crippen molar-refractivity contribution >= 4 is 17.5 Å². The van der Waals surface area contributed by atoms with Crippen LogP contribution in [0.4, 0.5) is 0 Å². The van der Waals surface area contributed by atoms with E-state index < -0.39 is 6.10 Å². The molecule has 3 N–H and O–H groups in total. The Hall–Kier alpha value is -1.14. The van der Waals surface area contributed by atoms with E-state index in [9.17, 15) is 9.90 Å². The van der Waals surface area contributed by atoms with Gasteiger partial charge < -0.3 is 20.5 Å². The van der Waals surface area contributed by atoms with E-state index in [2.05, 4.69) is 10.6 Å². The van der Waals surface area contributed by atoms with Crippen LogP contribution in [0.2, 0.25) is 5.02 Å². The molecule has 1 aliphatic heterocycles. The predicted molar refractivity (Wildman–Crippen MR) is 81.1 cm³/mol. The van der Waals surface area contributed by atoms with Gasteiger partial charge in [-0.15, -0.1) is 0 Å². The number of carbonyl (C=O) groups excluding carboxylic acids is 1. The van der Waals surface area contributed by atoms with E-state index in [0.29, 0.717) is 31.1 Å². The monoisotopic (exact) mass is 312 g/mol. The van der Waals surface area contributed by atoms with E-state index in [1.165, 1.54) is 0 Å². The number of amides is 1. The lowest BCUT2D eigenvalue weighted by atomic mass is 10.2. The molecule has 2 rings (SSSR count). The van der Waals surface area contributed by atoms with E-state index in [1.807, 2.05) is 24.3 Å². The third-order valence-corrected chi connectivity index (χ3v) is 3.75. The lowest BCUT2D eigenvalue weighted by Crippen LogP contribution is -2.39. The van der Waals surface area contributed by atoms with Gasteiger partial charge in [0.1, 0.15) is 0 Å². The molecule has 6 heteroatoms. The fourth-order valence-electron chi connectivity index (χ4n) is 2.23. The second-order valence-corrected chi connectivity index (χ2v) is 5.63. The zero-order valence-electron chi connectivity index (χ0n) is 11.8. The molecule has 0 aromatic heterocycles. The van der Waals surface area contributed by atoms with Crippen LogP contribution in [0.15, 0.2) is 24.3 Å². The number of benzene rings is 1. The van der Waals surface area contributed by atoms with Gasteiger partial charge in [0.05, 0.1) is 19.3 Å². The van der Waals surface area contributed by atoms with Gasteiger partial charge in [-0.2, -0.15) is 0 Å². The minimum absolute atomic E-state index is 0.102. The smallest absolute Gasteiger partial charge is 0.220 e. The third-order valence-electron chi connectivity index (χ3n) is 3.38. The Morgan fingerprint density at radius 2 is 2.29 bits per heavy atom. The number of aliphatic hydroxyl groups is 1. The van der Waals surface area contributed by atoms with Crippen LogP contribution >= 0.6 is 11.6 Å². The first kappa shape index (κ1) is 16.2. The molecular weight excluding hydrogens is 292 g/mol. The number of rotatable bonds is 8. The molecule has 1 amide bonds. The molecule has 1 aromatic rings. The van der Waals surface area contributed by atoms with Gasteiger partial charge in [0.2, 0.25) is 5.91 Å². The van der Waals surface area contributed by atoms with Crippen LogP contribution in [0, 0.1) is 0 Å². The maximum Gasteiger partial charge on any atom is 0.220 e. The summed E-state index contributed by atoms with van der Waals surface area (Å²) in [6.07, 6.45) is 0.866. The molecule has 0 radical (unpaired) electrons. The fourth-order valence-corrected chi connectivity index (χ4v) is 2.42. The van der Waals surface area contributed by atoms with Crippen molar-refractivity contribution in [3.8, 4) is 0 Å². The van der Waals surface area contributed by atoms with Crippen molar-refractivity contribution in [1.82, 2.24) is 10.6 Å². The van der Waals surface area contributed by atoms with E-state index in [0.717, 1.165) is 12.0 Å². The molecule has 21 heavy (non-hydrogen) atoms. The number of ether oxygens (including phenoxy) is 1. The summed E-state index contributed by atoms with van der Waals surface area (Å²) < 4.78 is 5.46. The summed E-state index contributed by atoms with van der Waals surface area (Å²) in [6.45, 7) is 1.74. The molecule has 0 aliphatic carbocycles. The van der Waals surface area contributed by atoms with Crippen molar-refractivity contribution in [3.05, 3.63) is 34.9 Å². The maximum atomic E-state index is 11.0. The Kier molecular flexibility index (Phi) is 6.45. The average Bonchev–Trinajstić information content (AvgIpc) is 2.87. The van der Waals surface area contributed by atoms with Crippen molar-refractivity contribution in [3.63, 3.8) is 0 Å². The van der Waals surface area contributed by atoms with Gasteiger partial charge in [0, 0.05) is 30.6 Å². The standard InChI is InChI=1S/C15H21ClN2O3/c16-14-4-2-1-3-11(14)9-21-10-13(19)8-17-7-12-5-6-15(20)18-12/h1-4,12-13,17,19H,5-10H2,(H,18,20). The van der Waals surface area contributed by atoms with Gasteiger partial charge in [-0.05, 0) is 18.1 Å². The summed E-state index contributed by atoms with van der Waals surface area (Å²) in [4.78, 5) is 11.0. The van der Waals surface area contributed by atoms with Crippen molar-refractivity contribution < 1.29 is 14.6 Å². The van der Waals surface area contributed by atoms with Gasteiger partial charge in [-0.3, -0.25) is 4.79 Å². The largest absolute Gasteiger partial charge is 0.389 e. The minimum Gasteiger partial charge on any atom is -0.389 e. The van der Waals surface area contributed by atoms with Crippen LogP contribution in [0.1, 0.15) is 18.4 Å². The Balaban J connectivity index is 1.56. The first-order valence-electron chi connectivity index (χ1n) is 7.14. The molecule has 1 fully saturated rings. The molecule has 5 nitrogen and oxygen atoms in total. The molecule has 2 unspecified atom stereocenters. The zero-order chi connectivity index (χ0) is 15.1. The lowest BCUT2D eigenvalue weighted by molar-refractivity contribution is -0.119.